The number of amides is 2. The number of unbranched alkanes of at least 4 members (excludes halogenated alkanes) is 1. The van der Waals surface area contributed by atoms with Gasteiger partial charge in [-0.25, -0.2) is 0 Å². The lowest BCUT2D eigenvalue weighted by molar-refractivity contribution is -0.123. The summed E-state index contributed by atoms with van der Waals surface area (Å²) < 4.78 is 5.64. The molecule has 10 nitrogen and oxygen atoms in total. The lowest BCUT2D eigenvalue weighted by atomic mass is 10.2. The van der Waals surface area contributed by atoms with Crippen molar-refractivity contribution in [3.63, 3.8) is 0 Å². The molecule has 0 bridgehead atoms. The van der Waals surface area contributed by atoms with Gasteiger partial charge in [-0.3, -0.25) is 19.4 Å². The first-order valence-electron chi connectivity index (χ1n) is 11.7. The Bertz CT molecular complexity index is 508. The molecule has 180 valence electrons. The van der Waals surface area contributed by atoms with Crippen LogP contribution in [0.25, 0.3) is 0 Å². The summed E-state index contributed by atoms with van der Waals surface area (Å²) in [6, 6.07) is 0. The Hall–Kier alpha value is -1.30. The number of primary amides is 1. The molecule has 0 unspecified atom stereocenters. The Morgan fingerprint density at radius 2 is 1.32 bits per heavy atom. The average molecular weight is 443 g/mol. The molecule has 2 aliphatic heterocycles. The highest BCUT2D eigenvalue weighted by Crippen LogP contribution is 2.04. The minimum absolute atomic E-state index is 0.0582. The summed E-state index contributed by atoms with van der Waals surface area (Å²) in [5, 5.41) is 11.8. The molecule has 0 aromatic heterocycles. The number of hydrogen-bond donors (Lipinski definition) is 3. The van der Waals surface area contributed by atoms with Gasteiger partial charge in [-0.2, -0.15) is 0 Å². The lowest BCUT2D eigenvalue weighted by Crippen LogP contribution is -2.49. The molecule has 0 aliphatic carbocycles. The van der Waals surface area contributed by atoms with Crippen molar-refractivity contribution in [2.45, 2.75) is 19.3 Å². The maximum absolute atomic E-state index is 12.1. The molecule has 2 saturated heterocycles. The number of nitrogens with two attached hydrogens (primary N) is 1. The number of carbonyl (C=O) groups is 2. The van der Waals surface area contributed by atoms with Gasteiger partial charge in [0.1, 0.15) is 0 Å². The molecule has 0 aromatic rings. The van der Waals surface area contributed by atoms with E-state index in [0.717, 1.165) is 84.7 Å². The van der Waals surface area contributed by atoms with Gasteiger partial charge >= 0.3 is 0 Å². The summed E-state index contributed by atoms with van der Waals surface area (Å²) >= 11 is 0. The van der Waals surface area contributed by atoms with Crippen LogP contribution in [0, 0.1) is 0 Å². The summed E-state index contributed by atoms with van der Waals surface area (Å²) in [7, 11) is 0. The molecule has 2 amide bonds. The molecular formula is C21H42N6O4. The second-order valence-electron chi connectivity index (χ2n) is 8.45. The quantitative estimate of drug-likeness (QED) is 0.250. The number of piperazine rings is 2. The van der Waals surface area contributed by atoms with Crippen LogP contribution < -0.4 is 11.1 Å². The Labute approximate surface area is 186 Å². The van der Waals surface area contributed by atoms with Gasteiger partial charge in [0.25, 0.3) is 0 Å². The van der Waals surface area contributed by atoms with E-state index in [4.69, 9.17) is 15.6 Å². The van der Waals surface area contributed by atoms with E-state index < -0.39 is 0 Å². The summed E-state index contributed by atoms with van der Waals surface area (Å²) in [5.41, 5.74) is 5.24. The van der Waals surface area contributed by atoms with E-state index in [0.29, 0.717) is 32.8 Å². The van der Waals surface area contributed by atoms with Crippen molar-refractivity contribution in [3.05, 3.63) is 0 Å². The third-order valence-electron chi connectivity index (χ3n) is 5.89. The summed E-state index contributed by atoms with van der Waals surface area (Å²) in [6.07, 6.45) is 2.92. The molecule has 0 spiro atoms. The van der Waals surface area contributed by atoms with Gasteiger partial charge in [-0.1, -0.05) is 0 Å². The first kappa shape index (κ1) is 26.0. The number of rotatable bonds is 15. The van der Waals surface area contributed by atoms with E-state index in [-0.39, 0.29) is 18.4 Å². The zero-order valence-corrected chi connectivity index (χ0v) is 19.0. The number of aliphatic hydroxyl groups is 1. The summed E-state index contributed by atoms with van der Waals surface area (Å²) in [6.45, 7) is 12.3. The molecular weight excluding hydrogens is 400 g/mol. The van der Waals surface area contributed by atoms with E-state index in [2.05, 4.69) is 24.9 Å². The molecule has 31 heavy (non-hydrogen) atoms. The third kappa shape index (κ3) is 11.8. The molecule has 2 fully saturated rings. The zero-order valence-electron chi connectivity index (χ0n) is 19.0. The normalized spacial score (nSPS) is 19.5. The Morgan fingerprint density at radius 3 is 1.90 bits per heavy atom. The van der Waals surface area contributed by atoms with E-state index in [1.807, 2.05) is 0 Å². The first-order chi connectivity index (χ1) is 15.1. The fourth-order valence-corrected chi connectivity index (χ4v) is 4.02. The number of nitrogens with one attached hydrogen (secondary N) is 1. The van der Waals surface area contributed by atoms with Crippen LogP contribution in [-0.2, 0) is 14.3 Å². The number of aliphatic hydroxyl groups excluding tert-OH is 1. The van der Waals surface area contributed by atoms with Crippen LogP contribution in [0.2, 0.25) is 0 Å². The van der Waals surface area contributed by atoms with Gasteiger partial charge in [-0.05, 0) is 25.8 Å². The van der Waals surface area contributed by atoms with Crippen LogP contribution in [0.15, 0.2) is 0 Å². The maximum Gasteiger partial charge on any atom is 0.234 e. The van der Waals surface area contributed by atoms with E-state index in [1.54, 1.807) is 0 Å². The van der Waals surface area contributed by atoms with Gasteiger partial charge < -0.3 is 30.7 Å². The first-order valence-corrected chi connectivity index (χ1v) is 11.7. The van der Waals surface area contributed by atoms with Gasteiger partial charge in [0.15, 0.2) is 0 Å². The highest BCUT2D eigenvalue weighted by Gasteiger charge is 2.19. The molecule has 10 heteroatoms. The van der Waals surface area contributed by atoms with Crippen molar-refractivity contribution >= 4 is 11.8 Å². The average Bonchev–Trinajstić information content (AvgIpc) is 2.76. The van der Waals surface area contributed by atoms with Gasteiger partial charge in [0, 0.05) is 78.7 Å². The van der Waals surface area contributed by atoms with E-state index >= 15 is 0 Å². The van der Waals surface area contributed by atoms with Gasteiger partial charge in [0.05, 0.1) is 19.7 Å². The van der Waals surface area contributed by atoms with Crippen molar-refractivity contribution in [1.82, 2.24) is 24.9 Å². The molecule has 2 heterocycles. The van der Waals surface area contributed by atoms with Crippen molar-refractivity contribution in [1.29, 1.82) is 0 Å². The third-order valence-corrected chi connectivity index (χ3v) is 5.89. The summed E-state index contributed by atoms with van der Waals surface area (Å²) in [5.74, 6) is -0.196. The van der Waals surface area contributed by atoms with Gasteiger partial charge in [0.2, 0.25) is 11.8 Å². The number of nitrogens with zero attached hydrogens (tertiary/aromatic N) is 4. The zero-order chi connectivity index (χ0) is 22.3. The van der Waals surface area contributed by atoms with Crippen LogP contribution in [0.3, 0.4) is 0 Å². The minimum atomic E-state index is -0.255. The number of ether oxygens (including phenoxy) is 1. The molecule has 2 aliphatic rings. The van der Waals surface area contributed by atoms with Crippen LogP contribution in [0.5, 0.6) is 0 Å². The van der Waals surface area contributed by atoms with Crippen LogP contribution in [0.1, 0.15) is 19.3 Å². The van der Waals surface area contributed by atoms with Crippen LogP contribution in [-0.4, -0.2) is 141 Å². The smallest absolute Gasteiger partial charge is 0.234 e. The fourth-order valence-electron chi connectivity index (χ4n) is 4.02. The predicted molar refractivity (Wildman–Crippen MR) is 120 cm³/mol. The topological polar surface area (TPSA) is 115 Å². The Balaban J connectivity index is 1.37. The van der Waals surface area contributed by atoms with Crippen molar-refractivity contribution in [2.24, 2.45) is 5.73 Å². The van der Waals surface area contributed by atoms with Crippen molar-refractivity contribution in [2.75, 3.05) is 105 Å². The fraction of sp³-hybridized carbons (Fsp3) is 0.905. The molecule has 0 radical (unpaired) electrons. The monoisotopic (exact) mass is 442 g/mol. The molecule has 0 saturated carbocycles. The van der Waals surface area contributed by atoms with Gasteiger partial charge in [-0.15, -0.1) is 0 Å². The Morgan fingerprint density at radius 1 is 0.774 bits per heavy atom. The van der Waals surface area contributed by atoms with Crippen molar-refractivity contribution in [3.8, 4) is 0 Å². The summed E-state index contributed by atoms with van der Waals surface area (Å²) in [4.78, 5) is 32.1. The number of hydrogen-bond acceptors (Lipinski definition) is 8. The molecule has 2 rings (SSSR count). The second kappa shape index (κ2) is 15.5. The van der Waals surface area contributed by atoms with Crippen molar-refractivity contribution < 1.29 is 19.4 Å². The molecule has 4 N–H and O–H groups in total. The van der Waals surface area contributed by atoms with Crippen LogP contribution >= 0.6 is 0 Å². The second-order valence-corrected chi connectivity index (χ2v) is 8.45. The number of carbonyl (C=O) groups excluding carboxylic acids is 2. The molecule has 0 aromatic carbocycles. The Kier molecular flexibility index (Phi) is 13.0. The van der Waals surface area contributed by atoms with E-state index in [9.17, 15) is 9.59 Å². The largest absolute Gasteiger partial charge is 0.396 e. The highest BCUT2D eigenvalue weighted by atomic mass is 16.5. The van der Waals surface area contributed by atoms with Crippen LogP contribution in [0.4, 0.5) is 0 Å². The molecule has 0 atom stereocenters. The SMILES string of the molecule is NC(=O)CN1CCN(CCCCOCCNC(=O)CN2CCN(CCCO)CC2)CC1. The predicted octanol–water partition coefficient (Wildman–Crippen LogP) is -2.00. The lowest BCUT2D eigenvalue weighted by Gasteiger charge is -2.34. The maximum atomic E-state index is 12.1. The highest BCUT2D eigenvalue weighted by molar-refractivity contribution is 5.78. The van der Waals surface area contributed by atoms with E-state index in [1.165, 1.54) is 0 Å². The minimum Gasteiger partial charge on any atom is -0.396 e. The standard InChI is InChI=1S/C21H42N6O4/c22-20(29)18-26-11-7-24(8-12-26)5-1-2-16-31-17-4-23-21(30)19-27-13-9-25(10-14-27)6-3-15-28/h28H,1-19H2,(H2,22,29)(H,23,30).